The molecule has 0 atom stereocenters. The van der Waals surface area contributed by atoms with Crippen molar-refractivity contribution in [3.63, 3.8) is 0 Å². The molecule has 3 aromatic heterocycles. The number of hydrogen-bond acceptors (Lipinski definition) is 0. The molecule has 1 aliphatic rings. The number of fused-ring (bicyclic) bond motifs is 6. The van der Waals surface area contributed by atoms with E-state index in [1.165, 1.54) is 66.6 Å². The van der Waals surface area contributed by atoms with Gasteiger partial charge in [0.2, 0.25) is 5.69 Å². The van der Waals surface area contributed by atoms with Crippen molar-refractivity contribution in [3.05, 3.63) is 94.8 Å². The van der Waals surface area contributed by atoms with Crippen molar-refractivity contribution >= 4 is 16.4 Å². The number of pyridine rings is 2. The highest BCUT2D eigenvalue weighted by Gasteiger charge is 2.27. The lowest BCUT2D eigenvalue weighted by molar-refractivity contribution is -0.660. The lowest BCUT2D eigenvalue weighted by atomic mass is 9.93. The van der Waals surface area contributed by atoms with Crippen LogP contribution in [0.15, 0.2) is 67.0 Å². The Morgan fingerprint density at radius 1 is 0.833 bits per heavy atom. The zero-order valence-electron chi connectivity index (χ0n) is 18.0. The molecule has 0 unspecified atom stereocenters. The summed E-state index contributed by atoms with van der Waals surface area (Å²) in [6.07, 6.45) is 5.41. The summed E-state index contributed by atoms with van der Waals surface area (Å²) in [6.45, 7) is 6.64. The lowest BCUT2D eigenvalue weighted by Crippen LogP contribution is -2.32. The van der Waals surface area contributed by atoms with Gasteiger partial charge in [-0.25, -0.2) is 4.57 Å². The normalized spacial score (nSPS) is 12.5. The number of nitrogens with zero attached hydrogens (tertiary/aromatic N) is 2. The SMILES string of the molecule is Cc1cc(-c2c(C)ccc3c2Cc2cc4c(cc2-3)cc2ccccn24)[n+](C)cc1C. The number of aryl methyl sites for hydroxylation is 4. The van der Waals surface area contributed by atoms with Gasteiger partial charge in [0.15, 0.2) is 6.20 Å². The summed E-state index contributed by atoms with van der Waals surface area (Å²) >= 11 is 0. The van der Waals surface area contributed by atoms with E-state index in [2.05, 4.69) is 104 Å². The molecule has 2 nitrogen and oxygen atoms in total. The average molecular weight is 390 g/mol. The molecule has 0 N–H and O–H groups in total. The minimum absolute atomic E-state index is 0.991. The van der Waals surface area contributed by atoms with Crippen LogP contribution in [0.5, 0.6) is 0 Å². The minimum Gasteiger partial charge on any atom is -0.317 e. The van der Waals surface area contributed by atoms with E-state index in [1.807, 2.05) is 0 Å². The third kappa shape index (κ3) is 2.34. The van der Waals surface area contributed by atoms with Crippen molar-refractivity contribution in [2.24, 2.45) is 7.05 Å². The number of aromatic nitrogens is 2. The summed E-state index contributed by atoms with van der Waals surface area (Å²) in [5.74, 6) is 0. The molecule has 6 rings (SSSR count). The van der Waals surface area contributed by atoms with E-state index in [4.69, 9.17) is 0 Å². The van der Waals surface area contributed by atoms with E-state index >= 15 is 0 Å². The number of hydrogen-bond donors (Lipinski definition) is 0. The first-order chi connectivity index (χ1) is 14.5. The van der Waals surface area contributed by atoms with Gasteiger partial charge in [-0.15, -0.1) is 0 Å². The predicted octanol–water partition coefficient (Wildman–Crippen LogP) is 6.08. The number of rotatable bonds is 1. The quantitative estimate of drug-likeness (QED) is 0.301. The van der Waals surface area contributed by atoms with E-state index in [0.717, 1.165) is 6.42 Å². The van der Waals surface area contributed by atoms with Crippen molar-refractivity contribution in [1.29, 1.82) is 0 Å². The van der Waals surface area contributed by atoms with Crippen LogP contribution in [0.4, 0.5) is 0 Å². The first-order valence-corrected chi connectivity index (χ1v) is 10.6. The van der Waals surface area contributed by atoms with Crippen LogP contribution in [-0.4, -0.2) is 4.40 Å². The fraction of sp³-hybridized carbons (Fsp3) is 0.179. The fourth-order valence-electron chi connectivity index (χ4n) is 5.20. The maximum absolute atomic E-state index is 2.40. The van der Waals surface area contributed by atoms with Gasteiger partial charge in [0, 0.05) is 28.7 Å². The molecule has 0 saturated carbocycles. The summed E-state index contributed by atoms with van der Waals surface area (Å²) in [5, 5.41) is 1.31. The Kier molecular flexibility index (Phi) is 3.53. The molecule has 2 heteroatoms. The van der Waals surface area contributed by atoms with Crippen molar-refractivity contribution in [1.82, 2.24) is 4.40 Å². The minimum atomic E-state index is 0.991. The average Bonchev–Trinajstić information content (AvgIpc) is 3.26. The molecule has 30 heavy (non-hydrogen) atoms. The molecule has 146 valence electrons. The van der Waals surface area contributed by atoms with Crippen LogP contribution < -0.4 is 4.57 Å². The van der Waals surface area contributed by atoms with Gasteiger partial charge in [-0.05, 0) is 90.9 Å². The van der Waals surface area contributed by atoms with Crippen LogP contribution in [-0.2, 0) is 13.5 Å². The fourth-order valence-corrected chi connectivity index (χ4v) is 5.20. The van der Waals surface area contributed by atoms with Gasteiger partial charge in [0.05, 0.1) is 11.1 Å². The summed E-state index contributed by atoms with van der Waals surface area (Å²) in [7, 11) is 2.17. The number of benzene rings is 2. The Labute approximate surface area is 177 Å². The van der Waals surface area contributed by atoms with Gasteiger partial charge < -0.3 is 4.40 Å². The molecule has 0 saturated heterocycles. The highest BCUT2D eigenvalue weighted by Crippen LogP contribution is 2.44. The smallest absolute Gasteiger partial charge is 0.213 e. The van der Waals surface area contributed by atoms with Gasteiger partial charge >= 0.3 is 0 Å². The standard InChI is InChI=1S/C28H25N2/c1-17-8-9-23-24-14-21-12-22-7-5-6-10-30(22)26(21)15-20(24)13-25(23)28(17)27-11-18(2)19(3)16-29(27)4/h5-12,14-16H,13H2,1-4H3/q+1. The monoisotopic (exact) mass is 389 g/mol. The highest BCUT2D eigenvalue weighted by atomic mass is 14.9. The topological polar surface area (TPSA) is 8.29 Å². The maximum Gasteiger partial charge on any atom is 0.213 e. The van der Waals surface area contributed by atoms with E-state index in [-0.39, 0.29) is 0 Å². The molecule has 5 aromatic rings. The lowest BCUT2D eigenvalue weighted by Gasteiger charge is -2.12. The van der Waals surface area contributed by atoms with Gasteiger partial charge in [-0.1, -0.05) is 18.2 Å². The van der Waals surface area contributed by atoms with Crippen LogP contribution in [0, 0.1) is 20.8 Å². The molecular formula is C28H25N2+. The van der Waals surface area contributed by atoms with Crippen LogP contribution in [0.25, 0.3) is 38.8 Å². The molecule has 0 amide bonds. The molecule has 0 aliphatic heterocycles. The first-order valence-electron chi connectivity index (χ1n) is 10.6. The first kappa shape index (κ1) is 17.5. The maximum atomic E-state index is 2.40. The van der Waals surface area contributed by atoms with Crippen molar-refractivity contribution in [2.75, 3.05) is 0 Å². The van der Waals surface area contributed by atoms with Crippen molar-refractivity contribution < 1.29 is 4.57 Å². The Morgan fingerprint density at radius 3 is 2.57 bits per heavy atom. The molecule has 0 fully saturated rings. The second kappa shape index (κ2) is 6.06. The van der Waals surface area contributed by atoms with Gasteiger partial charge in [0.1, 0.15) is 7.05 Å². The second-order valence-electron chi connectivity index (χ2n) is 8.80. The molecule has 0 spiro atoms. The third-order valence-corrected chi connectivity index (χ3v) is 6.88. The van der Waals surface area contributed by atoms with Crippen LogP contribution in [0.3, 0.4) is 0 Å². The zero-order valence-corrected chi connectivity index (χ0v) is 18.0. The van der Waals surface area contributed by atoms with Crippen molar-refractivity contribution in [2.45, 2.75) is 27.2 Å². The highest BCUT2D eigenvalue weighted by molar-refractivity contribution is 5.95. The van der Waals surface area contributed by atoms with E-state index in [0.29, 0.717) is 0 Å². The van der Waals surface area contributed by atoms with Crippen LogP contribution in [0.1, 0.15) is 27.8 Å². The van der Waals surface area contributed by atoms with Gasteiger partial charge in [0.25, 0.3) is 0 Å². The summed E-state index contributed by atoms with van der Waals surface area (Å²) < 4.78 is 4.59. The molecule has 3 heterocycles. The Bertz CT molecular complexity index is 1500. The molecule has 0 bridgehead atoms. The molecule has 1 aliphatic carbocycles. The van der Waals surface area contributed by atoms with Crippen LogP contribution in [0.2, 0.25) is 0 Å². The van der Waals surface area contributed by atoms with Crippen LogP contribution >= 0.6 is 0 Å². The Morgan fingerprint density at radius 2 is 1.70 bits per heavy atom. The molecule has 0 radical (unpaired) electrons. The zero-order chi connectivity index (χ0) is 20.6. The van der Waals surface area contributed by atoms with Gasteiger partial charge in [-0.2, -0.15) is 0 Å². The predicted molar refractivity (Wildman–Crippen MR) is 124 cm³/mol. The van der Waals surface area contributed by atoms with Crippen molar-refractivity contribution in [3.8, 4) is 22.4 Å². The largest absolute Gasteiger partial charge is 0.317 e. The Balaban J connectivity index is 1.61. The summed E-state index contributed by atoms with van der Waals surface area (Å²) in [4.78, 5) is 0. The van der Waals surface area contributed by atoms with E-state index < -0.39 is 0 Å². The molecular weight excluding hydrogens is 364 g/mol. The van der Waals surface area contributed by atoms with E-state index in [1.54, 1.807) is 0 Å². The van der Waals surface area contributed by atoms with Gasteiger partial charge in [-0.3, -0.25) is 0 Å². The Hall–Kier alpha value is -3.39. The molecule has 2 aromatic carbocycles. The second-order valence-corrected chi connectivity index (χ2v) is 8.80. The summed E-state index contributed by atoms with van der Waals surface area (Å²) in [5.41, 5.74) is 14.9. The van der Waals surface area contributed by atoms with E-state index in [9.17, 15) is 0 Å². The third-order valence-electron chi connectivity index (χ3n) is 6.88. The summed E-state index contributed by atoms with van der Waals surface area (Å²) in [6, 6.07) is 20.4.